The van der Waals surface area contributed by atoms with Crippen molar-refractivity contribution in [3.05, 3.63) is 28.8 Å². The van der Waals surface area contributed by atoms with Crippen molar-refractivity contribution in [1.29, 1.82) is 0 Å². The molecular formula is C13H18ClNO. The maximum absolute atomic E-state index is 6.26. The average molecular weight is 240 g/mol. The van der Waals surface area contributed by atoms with E-state index in [9.17, 15) is 0 Å². The van der Waals surface area contributed by atoms with Gasteiger partial charge < -0.3 is 10.5 Å². The Kier molecular flexibility index (Phi) is 3.72. The Morgan fingerprint density at radius 3 is 2.62 bits per heavy atom. The van der Waals surface area contributed by atoms with Crippen LogP contribution in [0.15, 0.2) is 18.2 Å². The molecule has 2 nitrogen and oxygen atoms in total. The second-order valence-electron chi connectivity index (χ2n) is 4.46. The van der Waals surface area contributed by atoms with Gasteiger partial charge in [-0.1, -0.05) is 30.5 Å². The zero-order valence-electron chi connectivity index (χ0n) is 9.58. The van der Waals surface area contributed by atoms with Crippen molar-refractivity contribution in [2.75, 3.05) is 7.11 Å². The van der Waals surface area contributed by atoms with Gasteiger partial charge in [-0.05, 0) is 36.5 Å². The van der Waals surface area contributed by atoms with Crippen LogP contribution in [-0.2, 0) is 0 Å². The minimum Gasteiger partial charge on any atom is -0.495 e. The molecule has 0 aromatic heterocycles. The maximum Gasteiger partial charge on any atom is 0.137 e. The van der Waals surface area contributed by atoms with Gasteiger partial charge in [0.2, 0.25) is 0 Å². The summed E-state index contributed by atoms with van der Waals surface area (Å²) in [6.07, 6.45) is 5.10. The van der Waals surface area contributed by atoms with E-state index in [4.69, 9.17) is 22.1 Å². The van der Waals surface area contributed by atoms with Crippen LogP contribution >= 0.6 is 11.6 Å². The first kappa shape index (κ1) is 11.7. The van der Waals surface area contributed by atoms with Crippen molar-refractivity contribution in [3.63, 3.8) is 0 Å². The number of hydrogen-bond donors (Lipinski definition) is 1. The summed E-state index contributed by atoms with van der Waals surface area (Å²) in [6.45, 7) is 0. The summed E-state index contributed by atoms with van der Waals surface area (Å²) >= 11 is 6.10. The SMILES string of the molecule is COc1ccc(C(N)C2CCCC2)cc1Cl. The molecule has 0 saturated heterocycles. The molecule has 2 rings (SSSR count). The van der Waals surface area contributed by atoms with Gasteiger partial charge in [0.1, 0.15) is 5.75 Å². The molecular weight excluding hydrogens is 222 g/mol. The third-order valence-corrected chi connectivity index (χ3v) is 3.76. The lowest BCUT2D eigenvalue weighted by Crippen LogP contribution is -2.19. The summed E-state index contributed by atoms with van der Waals surface area (Å²) in [5.41, 5.74) is 7.38. The van der Waals surface area contributed by atoms with Crippen molar-refractivity contribution < 1.29 is 4.74 Å². The smallest absolute Gasteiger partial charge is 0.137 e. The second-order valence-corrected chi connectivity index (χ2v) is 4.87. The first-order valence-electron chi connectivity index (χ1n) is 5.81. The number of hydrogen-bond acceptors (Lipinski definition) is 2. The quantitative estimate of drug-likeness (QED) is 0.876. The molecule has 0 spiro atoms. The molecule has 1 unspecified atom stereocenters. The molecule has 2 N–H and O–H groups in total. The van der Waals surface area contributed by atoms with Gasteiger partial charge in [0.05, 0.1) is 12.1 Å². The van der Waals surface area contributed by atoms with E-state index in [-0.39, 0.29) is 6.04 Å². The molecule has 1 aromatic carbocycles. The fourth-order valence-corrected chi connectivity index (χ4v) is 2.74. The molecule has 0 radical (unpaired) electrons. The Labute approximate surface area is 102 Å². The van der Waals surface area contributed by atoms with E-state index in [0.717, 1.165) is 5.56 Å². The first-order valence-corrected chi connectivity index (χ1v) is 6.19. The summed E-state index contributed by atoms with van der Waals surface area (Å²) in [5, 5.41) is 0.647. The lowest BCUT2D eigenvalue weighted by molar-refractivity contribution is 0.413. The Bertz CT molecular complexity index is 361. The second kappa shape index (κ2) is 5.07. The Balaban J connectivity index is 2.16. The molecule has 16 heavy (non-hydrogen) atoms. The third kappa shape index (κ3) is 2.33. The molecule has 1 aliphatic carbocycles. The van der Waals surface area contributed by atoms with Crippen LogP contribution in [0.3, 0.4) is 0 Å². The van der Waals surface area contributed by atoms with Crippen molar-refractivity contribution >= 4 is 11.6 Å². The number of methoxy groups -OCH3 is 1. The predicted octanol–water partition coefficient (Wildman–Crippen LogP) is 3.54. The highest BCUT2D eigenvalue weighted by Crippen LogP contribution is 2.36. The summed E-state index contributed by atoms with van der Waals surface area (Å²) in [4.78, 5) is 0. The monoisotopic (exact) mass is 239 g/mol. The van der Waals surface area contributed by atoms with Crippen molar-refractivity contribution in [2.45, 2.75) is 31.7 Å². The fraction of sp³-hybridized carbons (Fsp3) is 0.538. The van der Waals surface area contributed by atoms with E-state index >= 15 is 0 Å². The lowest BCUT2D eigenvalue weighted by atomic mass is 9.92. The molecule has 1 fully saturated rings. The normalized spacial score (nSPS) is 18.7. The van der Waals surface area contributed by atoms with E-state index in [1.54, 1.807) is 7.11 Å². The number of ether oxygens (including phenoxy) is 1. The van der Waals surface area contributed by atoms with Crippen molar-refractivity contribution in [2.24, 2.45) is 11.7 Å². The van der Waals surface area contributed by atoms with Crippen LogP contribution in [0, 0.1) is 5.92 Å². The number of halogens is 1. The van der Waals surface area contributed by atoms with E-state index in [1.165, 1.54) is 25.7 Å². The van der Waals surface area contributed by atoms with Crippen LogP contribution in [0.2, 0.25) is 5.02 Å². The molecule has 0 amide bonds. The molecule has 1 aromatic rings. The minimum atomic E-state index is 0.117. The zero-order chi connectivity index (χ0) is 11.5. The number of rotatable bonds is 3. The van der Waals surface area contributed by atoms with E-state index < -0.39 is 0 Å². The van der Waals surface area contributed by atoms with Gasteiger partial charge in [-0.25, -0.2) is 0 Å². The van der Waals surface area contributed by atoms with Crippen molar-refractivity contribution in [1.82, 2.24) is 0 Å². The highest BCUT2D eigenvalue weighted by atomic mass is 35.5. The van der Waals surface area contributed by atoms with Gasteiger partial charge in [-0.2, -0.15) is 0 Å². The Hall–Kier alpha value is -0.730. The molecule has 3 heteroatoms. The van der Waals surface area contributed by atoms with Crippen LogP contribution in [0.4, 0.5) is 0 Å². The molecule has 0 aliphatic heterocycles. The molecule has 1 atom stereocenters. The molecule has 88 valence electrons. The Morgan fingerprint density at radius 1 is 1.38 bits per heavy atom. The van der Waals surface area contributed by atoms with Crippen LogP contribution in [0.5, 0.6) is 5.75 Å². The van der Waals surface area contributed by atoms with Gasteiger partial charge in [-0.15, -0.1) is 0 Å². The third-order valence-electron chi connectivity index (χ3n) is 3.47. The van der Waals surface area contributed by atoms with Crippen LogP contribution < -0.4 is 10.5 Å². The lowest BCUT2D eigenvalue weighted by Gasteiger charge is -2.19. The van der Waals surface area contributed by atoms with Crippen LogP contribution in [0.1, 0.15) is 37.3 Å². The van der Waals surface area contributed by atoms with Gasteiger partial charge in [-0.3, -0.25) is 0 Å². The maximum atomic E-state index is 6.26. The zero-order valence-corrected chi connectivity index (χ0v) is 10.3. The van der Waals surface area contributed by atoms with Gasteiger partial charge in [0.15, 0.2) is 0 Å². The molecule has 1 saturated carbocycles. The van der Waals surface area contributed by atoms with Crippen LogP contribution in [0.25, 0.3) is 0 Å². The number of benzene rings is 1. The number of nitrogens with two attached hydrogens (primary N) is 1. The fourth-order valence-electron chi connectivity index (χ4n) is 2.48. The van der Waals surface area contributed by atoms with E-state index in [0.29, 0.717) is 16.7 Å². The summed E-state index contributed by atoms with van der Waals surface area (Å²) in [5.74, 6) is 1.33. The Morgan fingerprint density at radius 2 is 2.06 bits per heavy atom. The largest absolute Gasteiger partial charge is 0.495 e. The van der Waals surface area contributed by atoms with E-state index in [1.807, 2.05) is 18.2 Å². The van der Waals surface area contributed by atoms with E-state index in [2.05, 4.69) is 0 Å². The van der Waals surface area contributed by atoms with Crippen molar-refractivity contribution in [3.8, 4) is 5.75 Å². The minimum absolute atomic E-state index is 0.117. The first-order chi connectivity index (χ1) is 7.72. The molecule has 0 heterocycles. The average Bonchev–Trinajstić information content (AvgIpc) is 2.81. The van der Waals surface area contributed by atoms with Crippen LogP contribution in [-0.4, -0.2) is 7.11 Å². The molecule has 1 aliphatic rings. The molecule has 0 bridgehead atoms. The van der Waals surface area contributed by atoms with Gasteiger partial charge >= 0.3 is 0 Å². The summed E-state index contributed by atoms with van der Waals surface area (Å²) < 4.78 is 5.13. The summed E-state index contributed by atoms with van der Waals surface area (Å²) in [6, 6.07) is 5.97. The topological polar surface area (TPSA) is 35.2 Å². The summed E-state index contributed by atoms with van der Waals surface area (Å²) in [7, 11) is 1.62. The highest BCUT2D eigenvalue weighted by molar-refractivity contribution is 6.32. The predicted molar refractivity (Wildman–Crippen MR) is 66.9 cm³/mol. The van der Waals surface area contributed by atoms with Gasteiger partial charge in [0.25, 0.3) is 0 Å². The van der Waals surface area contributed by atoms with Gasteiger partial charge in [0, 0.05) is 6.04 Å². The highest BCUT2D eigenvalue weighted by Gasteiger charge is 2.23. The standard InChI is InChI=1S/C13H18ClNO/c1-16-12-7-6-10(8-11(12)14)13(15)9-4-2-3-5-9/h6-9,13H,2-5,15H2,1H3.